The highest BCUT2D eigenvalue weighted by Gasteiger charge is 2.11. The first-order chi connectivity index (χ1) is 15.7. The molecule has 0 N–H and O–H groups in total. The third-order valence-electron chi connectivity index (χ3n) is 5.65. The van der Waals surface area contributed by atoms with Crippen molar-refractivity contribution < 1.29 is 0 Å². The Bertz CT molecular complexity index is 1350. The number of aromatic nitrogens is 2. The zero-order chi connectivity index (χ0) is 21.9. The van der Waals surface area contributed by atoms with Crippen molar-refractivity contribution in [2.24, 2.45) is 0 Å². The highest BCUT2D eigenvalue weighted by molar-refractivity contribution is 5.75. The van der Waals surface area contributed by atoms with Crippen molar-refractivity contribution in [2.75, 3.05) is 0 Å². The molecule has 0 bridgehead atoms. The molecule has 154 valence electrons. The molecule has 0 spiro atoms. The van der Waals surface area contributed by atoms with Crippen LogP contribution in [0, 0.1) is 13.8 Å². The molecule has 5 rings (SSSR count). The van der Waals surface area contributed by atoms with Gasteiger partial charge in [0, 0.05) is 16.7 Å². The Labute approximate surface area is 189 Å². The Morgan fingerprint density at radius 2 is 0.938 bits per heavy atom. The summed E-state index contributed by atoms with van der Waals surface area (Å²) in [6, 6.07) is 38.0. The maximum absolute atomic E-state index is 4.97. The second-order valence-electron chi connectivity index (χ2n) is 8.14. The summed E-state index contributed by atoms with van der Waals surface area (Å²) in [6.07, 6.45) is 0. The molecule has 1 heterocycles. The van der Waals surface area contributed by atoms with Gasteiger partial charge in [0.15, 0.2) is 5.82 Å². The topological polar surface area (TPSA) is 25.8 Å². The lowest BCUT2D eigenvalue weighted by Crippen LogP contribution is -1.96. The van der Waals surface area contributed by atoms with Crippen molar-refractivity contribution in [3.63, 3.8) is 0 Å². The lowest BCUT2D eigenvalue weighted by molar-refractivity contribution is 1.18. The van der Waals surface area contributed by atoms with Gasteiger partial charge in [0.05, 0.1) is 11.4 Å². The summed E-state index contributed by atoms with van der Waals surface area (Å²) in [6.45, 7) is 4.20. The zero-order valence-electron chi connectivity index (χ0n) is 18.3. The Kier molecular flexibility index (Phi) is 5.35. The number of aryl methyl sites for hydroxylation is 2. The fourth-order valence-electron chi connectivity index (χ4n) is 3.79. The van der Waals surface area contributed by atoms with Gasteiger partial charge in [-0.2, -0.15) is 0 Å². The van der Waals surface area contributed by atoms with Gasteiger partial charge >= 0.3 is 0 Å². The first-order valence-electron chi connectivity index (χ1n) is 10.8. The molecular formula is C30H24N2. The molecule has 0 aliphatic rings. The van der Waals surface area contributed by atoms with E-state index < -0.39 is 0 Å². The van der Waals surface area contributed by atoms with Crippen LogP contribution in [0.4, 0.5) is 0 Å². The Balaban J connectivity index is 1.65. The second kappa shape index (κ2) is 8.60. The second-order valence-corrected chi connectivity index (χ2v) is 8.14. The summed E-state index contributed by atoms with van der Waals surface area (Å²) in [5.74, 6) is 0.738. The molecule has 0 fully saturated rings. The number of benzene rings is 4. The first kappa shape index (κ1) is 19.9. The van der Waals surface area contributed by atoms with Crippen LogP contribution in [0.15, 0.2) is 109 Å². The summed E-state index contributed by atoms with van der Waals surface area (Å²) < 4.78 is 0. The predicted molar refractivity (Wildman–Crippen MR) is 133 cm³/mol. The SMILES string of the molecule is Cc1ccc(-c2cccc(-c3cc(-c4ccccc4)nc(-c4ccc(C)cc4)n3)c2)cc1. The molecule has 2 heteroatoms. The van der Waals surface area contributed by atoms with Gasteiger partial charge in [0.1, 0.15) is 0 Å². The molecule has 1 aromatic heterocycles. The largest absolute Gasteiger partial charge is 0.228 e. The molecule has 0 atom stereocenters. The quantitative estimate of drug-likeness (QED) is 0.301. The molecule has 5 aromatic rings. The lowest BCUT2D eigenvalue weighted by Gasteiger charge is -2.11. The number of nitrogens with zero attached hydrogens (tertiary/aromatic N) is 2. The minimum Gasteiger partial charge on any atom is -0.228 e. The minimum atomic E-state index is 0.738. The molecule has 32 heavy (non-hydrogen) atoms. The van der Waals surface area contributed by atoms with E-state index in [0.29, 0.717) is 0 Å². The van der Waals surface area contributed by atoms with E-state index in [2.05, 4.69) is 105 Å². The zero-order valence-corrected chi connectivity index (χ0v) is 18.3. The van der Waals surface area contributed by atoms with Crippen LogP contribution in [0.1, 0.15) is 11.1 Å². The normalized spacial score (nSPS) is 10.8. The highest BCUT2D eigenvalue weighted by atomic mass is 14.9. The monoisotopic (exact) mass is 412 g/mol. The minimum absolute atomic E-state index is 0.738. The van der Waals surface area contributed by atoms with Crippen LogP contribution in [0.3, 0.4) is 0 Å². The van der Waals surface area contributed by atoms with Crippen LogP contribution >= 0.6 is 0 Å². The van der Waals surface area contributed by atoms with E-state index >= 15 is 0 Å². The number of hydrogen-bond donors (Lipinski definition) is 0. The van der Waals surface area contributed by atoms with Gasteiger partial charge in [-0.05, 0) is 37.1 Å². The first-order valence-corrected chi connectivity index (χ1v) is 10.8. The van der Waals surface area contributed by atoms with Crippen molar-refractivity contribution in [3.8, 4) is 45.0 Å². The van der Waals surface area contributed by atoms with Crippen LogP contribution in [-0.4, -0.2) is 9.97 Å². The third kappa shape index (κ3) is 4.21. The molecule has 0 aliphatic carbocycles. The van der Waals surface area contributed by atoms with Crippen molar-refractivity contribution >= 4 is 0 Å². The molecule has 0 aliphatic heterocycles. The predicted octanol–water partition coefficient (Wildman–Crippen LogP) is 7.76. The molecule has 0 unspecified atom stereocenters. The van der Waals surface area contributed by atoms with Gasteiger partial charge in [-0.1, -0.05) is 108 Å². The van der Waals surface area contributed by atoms with Crippen LogP contribution < -0.4 is 0 Å². The maximum Gasteiger partial charge on any atom is 0.160 e. The highest BCUT2D eigenvalue weighted by Crippen LogP contribution is 2.30. The average Bonchev–Trinajstić information content (AvgIpc) is 2.85. The number of hydrogen-bond acceptors (Lipinski definition) is 2. The molecule has 0 radical (unpaired) electrons. The maximum atomic E-state index is 4.97. The molecule has 0 saturated heterocycles. The van der Waals surface area contributed by atoms with Crippen LogP contribution in [0.5, 0.6) is 0 Å². The van der Waals surface area contributed by atoms with Crippen LogP contribution in [0.25, 0.3) is 45.0 Å². The molecule has 0 amide bonds. The van der Waals surface area contributed by atoms with E-state index in [1.807, 2.05) is 18.2 Å². The van der Waals surface area contributed by atoms with E-state index in [0.717, 1.165) is 33.9 Å². The fourth-order valence-corrected chi connectivity index (χ4v) is 3.79. The smallest absolute Gasteiger partial charge is 0.160 e. The van der Waals surface area contributed by atoms with Gasteiger partial charge in [-0.25, -0.2) is 9.97 Å². The molecular weight excluding hydrogens is 388 g/mol. The average molecular weight is 413 g/mol. The van der Waals surface area contributed by atoms with E-state index in [1.54, 1.807) is 0 Å². The van der Waals surface area contributed by atoms with Crippen molar-refractivity contribution in [3.05, 3.63) is 120 Å². The van der Waals surface area contributed by atoms with Gasteiger partial charge in [-0.15, -0.1) is 0 Å². The number of rotatable bonds is 4. The summed E-state index contributed by atoms with van der Waals surface area (Å²) in [7, 11) is 0. The third-order valence-corrected chi connectivity index (χ3v) is 5.65. The van der Waals surface area contributed by atoms with Crippen molar-refractivity contribution in [1.29, 1.82) is 0 Å². The van der Waals surface area contributed by atoms with Crippen molar-refractivity contribution in [2.45, 2.75) is 13.8 Å². The Morgan fingerprint density at radius 1 is 0.406 bits per heavy atom. The van der Waals surface area contributed by atoms with Gasteiger partial charge in [0.2, 0.25) is 0 Å². The molecule has 4 aromatic carbocycles. The summed E-state index contributed by atoms with van der Waals surface area (Å²) >= 11 is 0. The van der Waals surface area contributed by atoms with Crippen LogP contribution in [0.2, 0.25) is 0 Å². The van der Waals surface area contributed by atoms with E-state index in [9.17, 15) is 0 Å². The van der Waals surface area contributed by atoms with Gasteiger partial charge < -0.3 is 0 Å². The molecule has 2 nitrogen and oxygen atoms in total. The van der Waals surface area contributed by atoms with Gasteiger partial charge in [0.25, 0.3) is 0 Å². The van der Waals surface area contributed by atoms with E-state index in [-0.39, 0.29) is 0 Å². The summed E-state index contributed by atoms with van der Waals surface area (Å²) in [5, 5.41) is 0. The van der Waals surface area contributed by atoms with Crippen molar-refractivity contribution in [1.82, 2.24) is 9.97 Å². The standard InChI is InChI=1S/C30H24N2/c1-21-11-15-23(16-12-21)26-9-6-10-27(19-26)29-20-28(24-7-4-3-5-8-24)31-30(32-29)25-17-13-22(2)14-18-25/h3-20H,1-2H3. The fraction of sp³-hybridized carbons (Fsp3) is 0.0667. The molecule has 0 saturated carbocycles. The Hall–Kier alpha value is -4.04. The summed E-state index contributed by atoms with van der Waals surface area (Å²) in [4.78, 5) is 9.88. The van der Waals surface area contributed by atoms with Gasteiger partial charge in [-0.3, -0.25) is 0 Å². The van der Waals surface area contributed by atoms with E-state index in [1.165, 1.54) is 22.3 Å². The lowest BCUT2D eigenvalue weighted by atomic mass is 10.00. The Morgan fingerprint density at radius 3 is 1.59 bits per heavy atom. The van der Waals surface area contributed by atoms with E-state index in [4.69, 9.17) is 9.97 Å². The summed E-state index contributed by atoms with van der Waals surface area (Å²) in [5.41, 5.74) is 9.89. The van der Waals surface area contributed by atoms with Crippen LogP contribution in [-0.2, 0) is 0 Å².